The van der Waals surface area contributed by atoms with Crippen LogP contribution in [0.4, 0.5) is 0 Å². The molecule has 0 aromatic carbocycles. The standard InChI is InChI=1S/C10H21N/c1-10(2,3)9-5-7-11(4)8-6-9/h9H,5-8H2,1-4H3/p+1. The van der Waals surface area contributed by atoms with E-state index in [-0.39, 0.29) is 0 Å². The van der Waals surface area contributed by atoms with E-state index in [1.807, 2.05) is 0 Å². The van der Waals surface area contributed by atoms with Crippen LogP contribution in [0.5, 0.6) is 0 Å². The summed E-state index contributed by atoms with van der Waals surface area (Å²) < 4.78 is 0. The highest BCUT2D eigenvalue weighted by Crippen LogP contribution is 2.31. The molecule has 11 heavy (non-hydrogen) atoms. The second kappa shape index (κ2) is 3.14. The monoisotopic (exact) mass is 156 g/mol. The van der Waals surface area contributed by atoms with Crippen LogP contribution in [0.2, 0.25) is 0 Å². The quantitative estimate of drug-likeness (QED) is 0.533. The number of quaternary nitrogens is 1. The van der Waals surface area contributed by atoms with E-state index in [0.29, 0.717) is 5.41 Å². The van der Waals surface area contributed by atoms with Crippen molar-refractivity contribution in [2.24, 2.45) is 11.3 Å². The lowest BCUT2D eigenvalue weighted by Gasteiger charge is -2.35. The molecule has 0 spiro atoms. The molecule has 1 nitrogen and oxygen atoms in total. The van der Waals surface area contributed by atoms with Gasteiger partial charge in [-0.05, 0) is 11.3 Å². The number of rotatable bonds is 0. The van der Waals surface area contributed by atoms with Crippen LogP contribution in [0.3, 0.4) is 0 Å². The molecule has 1 fully saturated rings. The number of piperidine rings is 1. The van der Waals surface area contributed by atoms with Crippen LogP contribution >= 0.6 is 0 Å². The van der Waals surface area contributed by atoms with Gasteiger partial charge >= 0.3 is 0 Å². The minimum Gasteiger partial charge on any atom is -0.337 e. The van der Waals surface area contributed by atoms with Crippen LogP contribution in [0.15, 0.2) is 0 Å². The lowest BCUT2D eigenvalue weighted by Crippen LogP contribution is -3.10. The Bertz CT molecular complexity index is 115. The van der Waals surface area contributed by atoms with Crippen molar-refractivity contribution >= 4 is 0 Å². The second-order valence-corrected chi connectivity index (χ2v) is 5.10. The highest BCUT2D eigenvalue weighted by atomic mass is 15.1. The SMILES string of the molecule is C[NH+]1CCC(C(C)(C)C)CC1. The van der Waals surface area contributed by atoms with Crippen LogP contribution in [-0.2, 0) is 0 Å². The average Bonchev–Trinajstić information content (AvgIpc) is 1.86. The Hall–Kier alpha value is -0.0400. The van der Waals surface area contributed by atoms with E-state index < -0.39 is 0 Å². The van der Waals surface area contributed by atoms with E-state index in [2.05, 4.69) is 27.8 Å². The molecule has 0 aromatic heterocycles. The fourth-order valence-electron chi connectivity index (χ4n) is 1.98. The third-order valence-electron chi connectivity index (χ3n) is 3.06. The first-order valence-electron chi connectivity index (χ1n) is 4.81. The molecule has 0 radical (unpaired) electrons. The van der Waals surface area contributed by atoms with Gasteiger partial charge in [0.15, 0.2) is 0 Å². The minimum absolute atomic E-state index is 0.542. The summed E-state index contributed by atoms with van der Waals surface area (Å²) in [6.07, 6.45) is 2.85. The Kier molecular flexibility index (Phi) is 2.58. The summed E-state index contributed by atoms with van der Waals surface area (Å²) >= 11 is 0. The highest BCUT2D eigenvalue weighted by Gasteiger charge is 2.29. The van der Waals surface area contributed by atoms with Crippen molar-refractivity contribution in [2.45, 2.75) is 33.6 Å². The molecule has 1 heteroatoms. The van der Waals surface area contributed by atoms with Crippen LogP contribution in [0.25, 0.3) is 0 Å². The van der Waals surface area contributed by atoms with Crippen LogP contribution in [-0.4, -0.2) is 20.1 Å². The summed E-state index contributed by atoms with van der Waals surface area (Å²) in [7, 11) is 2.30. The molecular formula is C10H22N+. The summed E-state index contributed by atoms with van der Waals surface area (Å²) in [5, 5.41) is 0. The maximum absolute atomic E-state index is 2.37. The van der Waals surface area contributed by atoms with Crippen molar-refractivity contribution in [1.82, 2.24) is 0 Å². The normalized spacial score (nSPS) is 33.8. The molecule has 0 unspecified atom stereocenters. The van der Waals surface area contributed by atoms with Gasteiger partial charge in [-0.15, -0.1) is 0 Å². The Morgan fingerprint density at radius 2 is 1.55 bits per heavy atom. The first-order valence-corrected chi connectivity index (χ1v) is 4.81. The summed E-state index contributed by atoms with van der Waals surface area (Å²) in [6, 6.07) is 0. The molecule has 1 N–H and O–H groups in total. The van der Waals surface area contributed by atoms with Crippen molar-refractivity contribution in [3.63, 3.8) is 0 Å². The molecule has 1 saturated heterocycles. The van der Waals surface area contributed by atoms with Gasteiger partial charge in [0, 0.05) is 12.8 Å². The molecule has 66 valence electrons. The van der Waals surface area contributed by atoms with Crippen LogP contribution in [0, 0.1) is 11.3 Å². The smallest absolute Gasteiger partial charge is 0.0771 e. The van der Waals surface area contributed by atoms with Gasteiger partial charge in [0.1, 0.15) is 0 Å². The maximum Gasteiger partial charge on any atom is 0.0771 e. The maximum atomic E-state index is 2.37. The van der Waals surface area contributed by atoms with Crippen molar-refractivity contribution in [3.05, 3.63) is 0 Å². The van der Waals surface area contributed by atoms with Crippen molar-refractivity contribution < 1.29 is 4.90 Å². The Morgan fingerprint density at radius 1 is 1.09 bits per heavy atom. The molecule has 1 heterocycles. The molecule has 1 aliphatic rings. The molecule has 0 atom stereocenters. The summed E-state index contributed by atoms with van der Waals surface area (Å²) in [5.74, 6) is 0.964. The minimum atomic E-state index is 0.542. The number of nitrogens with one attached hydrogen (secondary N) is 1. The molecule has 0 aliphatic carbocycles. The fourth-order valence-corrected chi connectivity index (χ4v) is 1.98. The molecule has 0 saturated carbocycles. The van der Waals surface area contributed by atoms with Crippen LogP contribution < -0.4 is 4.90 Å². The van der Waals surface area contributed by atoms with Gasteiger partial charge in [0.25, 0.3) is 0 Å². The largest absolute Gasteiger partial charge is 0.337 e. The summed E-state index contributed by atoms with van der Waals surface area (Å²) in [6.45, 7) is 9.87. The number of likely N-dealkylation sites (tertiary alicyclic amines) is 1. The van der Waals surface area contributed by atoms with Gasteiger partial charge in [-0.25, -0.2) is 0 Å². The van der Waals surface area contributed by atoms with Crippen molar-refractivity contribution in [2.75, 3.05) is 20.1 Å². The predicted molar refractivity (Wildman–Crippen MR) is 48.8 cm³/mol. The van der Waals surface area contributed by atoms with E-state index in [9.17, 15) is 0 Å². The zero-order chi connectivity index (χ0) is 8.48. The zero-order valence-electron chi connectivity index (χ0n) is 8.41. The lowest BCUT2D eigenvalue weighted by molar-refractivity contribution is -0.886. The van der Waals surface area contributed by atoms with E-state index in [1.165, 1.54) is 25.9 Å². The van der Waals surface area contributed by atoms with Gasteiger partial charge < -0.3 is 4.90 Å². The van der Waals surface area contributed by atoms with Crippen molar-refractivity contribution in [3.8, 4) is 0 Å². The first-order chi connectivity index (χ1) is 5.00. The van der Waals surface area contributed by atoms with Crippen LogP contribution in [0.1, 0.15) is 33.6 Å². The Labute approximate surface area is 70.8 Å². The molecule has 0 aromatic rings. The summed E-state index contributed by atoms with van der Waals surface area (Å²) in [4.78, 5) is 1.71. The van der Waals surface area contributed by atoms with Gasteiger partial charge in [-0.3, -0.25) is 0 Å². The lowest BCUT2D eigenvalue weighted by atomic mass is 9.75. The van der Waals surface area contributed by atoms with E-state index >= 15 is 0 Å². The third kappa shape index (κ3) is 2.48. The van der Waals surface area contributed by atoms with Gasteiger partial charge in [0.05, 0.1) is 20.1 Å². The van der Waals surface area contributed by atoms with E-state index in [0.717, 1.165) is 5.92 Å². The third-order valence-corrected chi connectivity index (χ3v) is 3.06. The zero-order valence-corrected chi connectivity index (χ0v) is 8.41. The van der Waals surface area contributed by atoms with E-state index in [1.54, 1.807) is 4.90 Å². The Balaban J connectivity index is 2.39. The topological polar surface area (TPSA) is 4.44 Å². The molecule has 1 rings (SSSR count). The molecular weight excluding hydrogens is 134 g/mol. The highest BCUT2D eigenvalue weighted by molar-refractivity contribution is 4.74. The number of hydrogen-bond donors (Lipinski definition) is 1. The predicted octanol–water partition coefficient (Wildman–Crippen LogP) is 0.957. The Morgan fingerprint density at radius 3 is 1.91 bits per heavy atom. The molecule has 0 amide bonds. The first kappa shape index (κ1) is 9.05. The second-order valence-electron chi connectivity index (χ2n) is 5.10. The average molecular weight is 156 g/mol. The van der Waals surface area contributed by atoms with Gasteiger partial charge in [0.2, 0.25) is 0 Å². The molecule has 1 aliphatic heterocycles. The van der Waals surface area contributed by atoms with Crippen molar-refractivity contribution in [1.29, 1.82) is 0 Å². The summed E-state index contributed by atoms with van der Waals surface area (Å²) in [5.41, 5.74) is 0.542. The van der Waals surface area contributed by atoms with Gasteiger partial charge in [-0.2, -0.15) is 0 Å². The molecule has 0 bridgehead atoms. The fraction of sp³-hybridized carbons (Fsp3) is 1.00. The van der Waals surface area contributed by atoms with Gasteiger partial charge in [-0.1, -0.05) is 20.8 Å². The van der Waals surface area contributed by atoms with E-state index in [4.69, 9.17) is 0 Å². The number of hydrogen-bond acceptors (Lipinski definition) is 0.